The number of nitrogens with zero attached hydrogens (tertiary/aromatic N) is 1. The second kappa shape index (κ2) is 4.72. The quantitative estimate of drug-likeness (QED) is 0.795. The fraction of sp³-hybridized carbons (Fsp3) is 0.438. The molecule has 1 saturated heterocycles. The van der Waals surface area contributed by atoms with Crippen LogP contribution >= 0.6 is 0 Å². The molecule has 0 N–H and O–H groups in total. The molecule has 0 saturated carbocycles. The Morgan fingerprint density at radius 2 is 1.76 bits per heavy atom. The molecule has 0 unspecified atom stereocenters. The number of aromatic nitrogens is 1. The van der Waals surface area contributed by atoms with E-state index in [-0.39, 0.29) is 11.2 Å². The van der Waals surface area contributed by atoms with Crippen molar-refractivity contribution >= 4 is 23.5 Å². The molecule has 1 aromatic heterocycles. The van der Waals surface area contributed by atoms with Crippen molar-refractivity contribution in [3.8, 4) is 5.75 Å². The van der Waals surface area contributed by atoms with Crippen LogP contribution in [-0.4, -0.2) is 30.4 Å². The Morgan fingerprint density at radius 3 is 2.38 bits per heavy atom. The second-order valence-corrected chi connectivity index (χ2v) is 6.38. The number of rotatable bonds is 2. The summed E-state index contributed by atoms with van der Waals surface area (Å²) in [6.07, 6.45) is 1.78. The molecule has 0 amide bonds. The van der Waals surface area contributed by atoms with Gasteiger partial charge in [-0.1, -0.05) is 6.07 Å². The van der Waals surface area contributed by atoms with Gasteiger partial charge in [0.05, 0.1) is 23.8 Å². The van der Waals surface area contributed by atoms with Crippen LogP contribution in [0.2, 0.25) is 0 Å². The Balaban J connectivity index is 2.13. The Morgan fingerprint density at radius 1 is 1.10 bits per heavy atom. The number of benzene rings is 1. The number of ether oxygens (including phenoxy) is 1. The number of methoxy groups -OCH3 is 1. The van der Waals surface area contributed by atoms with E-state index in [4.69, 9.17) is 14.0 Å². The highest BCUT2D eigenvalue weighted by Crippen LogP contribution is 2.37. The first-order valence-corrected chi connectivity index (χ1v) is 7.12. The van der Waals surface area contributed by atoms with Gasteiger partial charge in [0, 0.05) is 17.0 Å². The molecule has 1 aromatic carbocycles. The molecule has 110 valence electrons. The van der Waals surface area contributed by atoms with Gasteiger partial charge in [-0.05, 0) is 45.9 Å². The van der Waals surface area contributed by atoms with Gasteiger partial charge in [0.2, 0.25) is 0 Å². The summed E-state index contributed by atoms with van der Waals surface area (Å²) in [5.41, 5.74) is 1.05. The summed E-state index contributed by atoms with van der Waals surface area (Å²) in [6, 6.07) is 7.84. The molecule has 21 heavy (non-hydrogen) atoms. The first kappa shape index (κ1) is 14.4. The summed E-state index contributed by atoms with van der Waals surface area (Å²) in [5, 5.41) is 1.02. The minimum Gasteiger partial charge on any atom is -0.497 e. The van der Waals surface area contributed by atoms with Crippen LogP contribution in [0.3, 0.4) is 0 Å². The number of hydrogen-bond donors (Lipinski definition) is 0. The van der Waals surface area contributed by atoms with Gasteiger partial charge in [0.15, 0.2) is 0 Å². The van der Waals surface area contributed by atoms with Gasteiger partial charge in [-0.2, -0.15) is 0 Å². The van der Waals surface area contributed by atoms with Gasteiger partial charge in [0.25, 0.3) is 0 Å². The molecule has 2 aromatic rings. The molecule has 0 spiro atoms. The van der Waals surface area contributed by atoms with E-state index in [1.807, 2.05) is 52.0 Å². The lowest BCUT2D eigenvalue weighted by Gasteiger charge is -2.32. The van der Waals surface area contributed by atoms with Crippen molar-refractivity contribution in [1.29, 1.82) is 0 Å². The highest BCUT2D eigenvalue weighted by atomic mass is 16.7. The van der Waals surface area contributed by atoms with Crippen LogP contribution in [-0.2, 0) is 9.31 Å². The third kappa shape index (κ3) is 2.30. The summed E-state index contributed by atoms with van der Waals surface area (Å²) in [6.45, 7) is 8.18. The van der Waals surface area contributed by atoms with Crippen molar-refractivity contribution in [3.05, 3.63) is 30.5 Å². The number of pyridine rings is 1. The van der Waals surface area contributed by atoms with Crippen LogP contribution in [0, 0.1) is 0 Å². The minimum atomic E-state index is -0.442. The first-order chi connectivity index (χ1) is 9.84. The van der Waals surface area contributed by atoms with E-state index >= 15 is 0 Å². The molecule has 5 heteroatoms. The van der Waals surface area contributed by atoms with Gasteiger partial charge in [-0.25, -0.2) is 0 Å². The summed E-state index contributed by atoms with van der Waals surface area (Å²) >= 11 is 0. The van der Waals surface area contributed by atoms with Gasteiger partial charge in [-0.15, -0.1) is 0 Å². The molecule has 0 atom stereocenters. The molecule has 3 rings (SSSR count). The SMILES string of the molecule is COc1cc(B2OC(C)(C)C(C)(C)O2)c2ncccc2c1. The maximum absolute atomic E-state index is 6.14. The van der Waals surface area contributed by atoms with E-state index in [1.165, 1.54) is 0 Å². The maximum atomic E-state index is 6.14. The molecule has 1 fully saturated rings. The Labute approximate surface area is 125 Å². The van der Waals surface area contributed by atoms with E-state index in [2.05, 4.69) is 4.98 Å². The topological polar surface area (TPSA) is 40.6 Å². The third-order valence-electron chi connectivity index (χ3n) is 4.45. The zero-order chi connectivity index (χ0) is 15.3. The number of hydrogen-bond acceptors (Lipinski definition) is 4. The Bertz CT molecular complexity index is 668. The molecule has 1 aliphatic rings. The molecule has 0 aliphatic carbocycles. The third-order valence-corrected chi connectivity index (χ3v) is 4.45. The first-order valence-electron chi connectivity index (χ1n) is 7.12. The van der Waals surface area contributed by atoms with Crippen molar-refractivity contribution in [1.82, 2.24) is 4.98 Å². The molecule has 0 bridgehead atoms. The fourth-order valence-corrected chi connectivity index (χ4v) is 2.46. The summed E-state index contributed by atoms with van der Waals surface area (Å²) in [5.74, 6) is 0.778. The van der Waals surface area contributed by atoms with E-state index in [1.54, 1.807) is 13.3 Å². The van der Waals surface area contributed by atoms with Crippen molar-refractivity contribution in [2.24, 2.45) is 0 Å². The van der Waals surface area contributed by atoms with Crippen LogP contribution in [0.25, 0.3) is 10.9 Å². The summed E-state index contributed by atoms with van der Waals surface area (Å²) in [7, 11) is 1.22. The highest BCUT2D eigenvalue weighted by Gasteiger charge is 2.52. The molecular formula is C16H20BNO3. The van der Waals surface area contributed by atoms with Gasteiger partial charge in [-0.3, -0.25) is 4.98 Å². The average Bonchev–Trinajstić information content (AvgIpc) is 2.66. The van der Waals surface area contributed by atoms with Gasteiger partial charge < -0.3 is 14.0 Å². The van der Waals surface area contributed by atoms with Crippen molar-refractivity contribution in [2.45, 2.75) is 38.9 Å². The lowest BCUT2D eigenvalue weighted by molar-refractivity contribution is 0.00578. The van der Waals surface area contributed by atoms with Crippen molar-refractivity contribution in [3.63, 3.8) is 0 Å². The normalized spacial score (nSPS) is 20.0. The van der Waals surface area contributed by atoms with Gasteiger partial charge in [0.1, 0.15) is 5.75 Å². The van der Waals surface area contributed by atoms with E-state index in [9.17, 15) is 0 Å². The second-order valence-electron chi connectivity index (χ2n) is 6.38. The average molecular weight is 285 g/mol. The predicted molar refractivity (Wildman–Crippen MR) is 84.0 cm³/mol. The fourth-order valence-electron chi connectivity index (χ4n) is 2.46. The van der Waals surface area contributed by atoms with Crippen LogP contribution < -0.4 is 10.2 Å². The van der Waals surface area contributed by atoms with Crippen LogP contribution in [0.15, 0.2) is 30.5 Å². The standard InChI is InChI=1S/C16H20BNO3/c1-15(2)16(3,4)21-17(20-15)13-10-12(19-5)9-11-7-6-8-18-14(11)13/h6-10H,1-5H3. The van der Waals surface area contributed by atoms with Crippen molar-refractivity contribution < 1.29 is 14.0 Å². The molecule has 4 nitrogen and oxygen atoms in total. The molecule has 1 aliphatic heterocycles. The minimum absolute atomic E-state index is 0.373. The Kier molecular flexibility index (Phi) is 3.22. The van der Waals surface area contributed by atoms with E-state index in [0.717, 1.165) is 22.1 Å². The van der Waals surface area contributed by atoms with E-state index < -0.39 is 7.12 Å². The monoisotopic (exact) mass is 285 g/mol. The lowest BCUT2D eigenvalue weighted by Crippen LogP contribution is -2.41. The van der Waals surface area contributed by atoms with Crippen molar-refractivity contribution in [2.75, 3.05) is 7.11 Å². The molecular weight excluding hydrogens is 265 g/mol. The lowest BCUT2D eigenvalue weighted by atomic mass is 9.77. The zero-order valence-corrected chi connectivity index (χ0v) is 13.1. The van der Waals surface area contributed by atoms with Crippen LogP contribution in [0.5, 0.6) is 5.75 Å². The smallest absolute Gasteiger partial charge is 0.497 e. The summed E-state index contributed by atoms with van der Waals surface area (Å²) < 4.78 is 17.7. The molecule has 0 radical (unpaired) electrons. The predicted octanol–water partition coefficient (Wildman–Crippen LogP) is 2.54. The number of fused-ring (bicyclic) bond motifs is 1. The Hall–Kier alpha value is -1.59. The highest BCUT2D eigenvalue weighted by molar-refractivity contribution is 6.65. The van der Waals surface area contributed by atoms with Crippen LogP contribution in [0.1, 0.15) is 27.7 Å². The summed E-state index contributed by atoms with van der Waals surface area (Å²) in [4.78, 5) is 4.48. The zero-order valence-electron chi connectivity index (χ0n) is 13.1. The largest absolute Gasteiger partial charge is 0.497 e. The maximum Gasteiger partial charge on any atom is 0.497 e. The van der Waals surface area contributed by atoms with E-state index in [0.29, 0.717) is 0 Å². The van der Waals surface area contributed by atoms with Gasteiger partial charge >= 0.3 is 7.12 Å². The van der Waals surface area contributed by atoms with Crippen LogP contribution in [0.4, 0.5) is 0 Å². The molecule has 2 heterocycles.